The molecule has 1 N–H and O–H groups in total. The number of carbonyl (C=O) groups excluding carboxylic acids is 2. The van der Waals surface area contributed by atoms with Gasteiger partial charge in [0.2, 0.25) is 5.91 Å². The summed E-state index contributed by atoms with van der Waals surface area (Å²) in [7, 11) is 3.04. The second-order valence-corrected chi connectivity index (χ2v) is 8.41. The van der Waals surface area contributed by atoms with Crippen LogP contribution in [0.5, 0.6) is 11.5 Å². The molecular formula is C25H31N3O5. The number of hydrogen-bond donors (Lipinski definition) is 1. The number of carbonyl (C=O) groups is 2. The van der Waals surface area contributed by atoms with Crippen LogP contribution in [-0.2, 0) is 16.0 Å². The number of amides is 2. The number of methoxy groups -OCH3 is 2. The number of nitrogens with one attached hydrogen (secondary N) is 1. The SMILES string of the molecule is COc1cccc(OC)c1C(=O)N1C(C(=O)NCCc2ccccn2)COC12CCCCC2. The zero-order valence-corrected chi connectivity index (χ0v) is 19.2. The maximum Gasteiger partial charge on any atom is 0.264 e. The van der Waals surface area contributed by atoms with Crippen molar-refractivity contribution in [3.8, 4) is 11.5 Å². The molecule has 8 nitrogen and oxygen atoms in total. The van der Waals surface area contributed by atoms with Gasteiger partial charge in [0, 0.05) is 24.9 Å². The van der Waals surface area contributed by atoms with Crippen molar-refractivity contribution in [2.75, 3.05) is 27.4 Å². The highest BCUT2D eigenvalue weighted by Gasteiger charge is 2.53. The fourth-order valence-electron chi connectivity index (χ4n) is 4.83. The average molecular weight is 454 g/mol. The van der Waals surface area contributed by atoms with Gasteiger partial charge < -0.3 is 19.5 Å². The average Bonchev–Trinajstić information content (AvgIpc) is 3.22. The Morgan fingerprint density at radius 2 is 1.82 bits per heavy atom. The first-order valence-electron chi connectivity index (χ1n) is 11.5. The summed E-state index contributed by atoms with van der Waals surface area (Å²) in [6.07, 6.45) is 6.73. The molecule has 0 bridgehead atoms. The van der Waals surface area contributed by atoms with Gasteiger partial charge in [0.25, 0.3) is 5.91 Å². The molecule has 1 unspecified atom stereocenters. The summed E-state index contributed by atoms with van der Waals surface area (Å²) in [5, 5.41) is 2.97. The molecule has 33 heavy (non-hydrogen) atoms. The van der Waals surface area contributed by atoms with Gasteiger partial charge in [-0.15, -0.1) is 0 Å². The molecule has 1 saturated heterocycles. The van der Waals surface area contributed by atoms with Crippen LogP contribution in [0.3, 0.4) is 0 Å². The number of aromatic nitrogens is 1. The topological polar surface area (TPSA) is 90.0 Å². The first kappa shape index (κ1) is 23.0. The Balaban J connectivity index is 1.59. The number of hydrogen-bond acceptors (Lipinski definition) is 6. The van der Waals surface area contributed by atoms with Crippen molar-refractivity contribution in [2.45, 2.75) is 50.3 Å². The van der Waals surface area contributed by atoms with Gasteiger partial charge in [-0.25, -0.2) is 0 Å². The summed E-state index contributed by atoms with van der Waals surface area (Å²) in [5.41, 5.74) is 0.421. The summed E-state index contributed by atoms with van der Waals surface area (Å²) in [6, 6.07) is 10.2. The normalized spacial score (nSPS) is 19.3. The number of rotatable bonds is 7. The molecule has 176 valence electrons. The lowest BCUT2D eigenvalue weighted by molar-refractivity contribution is -0.127. The van der Waals surface area contributed by atoms with Crippen LogP contribution in [0.15, 0.2) is 42.6 Å². The van der Waals surface area contributed by atoms with Crippen LogP contribution in [0.1, 0.15) is 48.2 Å². The predicted octanol–water partition coefficient (Wildman–Crippen LogP) is 2.96. The van der Waals surface area contributed by atoms with E-state index < -0.39 is 11.8 Å². The zero-order valence-electron chi connectivity index (χ0n) is 19.2. The summed E-state index contributed by atoms with van der Waals surface area (Å²) in [6.45, 7) is 0.595. The van der Waals surface area contributed by atoms with E-state index in [-0.39, 0.29) is 18.4 Å². The molecule has 2 fully saturated rings. The Bertz CT molecular complexity index is 953. The molecule has 1 aromatic heterocycles. The lowest BCUT2D eigenvalue weighted by atomic mass is 9.89. The second-order valence-electron chi connectivity index (χ2n) is 8.41. The van der Waals surface area contributed by atoms with Crippen LogP contribution >= 0.6 is 0 Å². The standard InChI is InChI=1S/C25H31N3O5/c1-31-20-10-8-11-21(32-2)22(20)24(30)28-19(17-33-25(28)13-5-3-6-14-25)23(29)27-16-12-18-9-4-7-15-26-18/h4,7-11,15,19H,3,5-6,12-14,16-17H2,1-2H3,(H,27,29). The van der Waals surface area contributed by atoms with Crippen molar-refractivity contribution in [3.05, 3.63) is 53.9 Å². The lowest BCUT2D eigenvalue weighted by Gasteiger charge is -2.41. The number of ether oxygens (including phenoxy) is 3. The van der Waals surface area contributed by atoms with E-state index in [2.05, 4.69) is 10.3 Å². The first-order valence-corrected chi connectivity index (χ1v) is 11.5. The van der Waals surface area contributed by atoms with Gasteiger partial charge in [-0.05, 0) is 49.9 Å². The molecule has 1 saturated carbocycles. The Morgan fingerprint density at radius 3 is 2.45 bits per heavy atom. The van der Waals surface area contributed by atoms with Crippen LogP contribution in [-0.4, -0.2) is 60.8 Å². The maximum atomic E-state index is 14.0. The highest BCUT2D eigenvalue weighted by Crippen LogP contribution is 2.43. The van der Waals surface area contributed by atoms with Crippen molar-refractivity contribution in [1.29, 1.82) is 0 Å². The van der Waals surface area contributed by atoms with Gasteiger partial charge in [-0.2, -0.15) is 0 Å². The third kappa shape index (κ3) is 4.66. The summed E-state index contributed by atoms with van der Waals surface area (Å²) in [5.74, 6) is 0.280. The molecule has 1 atom stereocenters. The number of nitrogens with zero attached hydrogens (tertiary/aromatic N) is 2. The Morgan fingerprint density at radius 1 is 1.09 bits per heavy atom. The van der Waals surface area contributed by atoms with Gasteiger partial charge in [0.15, 0.2) is 0 Å². The zero-order chi connectivity index (χ0) is 23.3. The van der Waals surface area contributed by atoms with Crippen molar-refractivity contribution < 1.29 is 23.8 Å². The van der Waals surface area contributed by atoms with Crippen LogP contribution in [0.4, 0.5) is 0 Å². The van der Waals surface area contributed by atoms with Gasteiger partial charge >= 0.3 is 0 Å². The Kier molecular flexibility index (Phi) is 7.13. The Hall–Kier alpha value is -3.13. The van der Waals surface area contributed by atoms with E-state index >= 15 is 0 Å². The van der Waals surface area contributed by atoms with Crippen LogP contribution < -0.4 is 14.8 Å². The third-order valence-electron chi connectivity index (χ3n) is 6.47. The van der Waals surface area contributed by atoms with E-state index in [1.165, 1.54) is 14.2 Å². The van der Waals surface area contributed by atoms with E-state index in [1.807, 2.05) is 18.2 Å². The second kappa shape index (κ2) is 10.2. The minimum atomic E-state index is -0.788. The molecule has 2 amide bonds. The van der Waals surface area contributed by atoms with Crippen LogP contribution in [0.25, 0.3) is 0 Å². The van der Waals surface area contributed by atoms with E-state index in [0.29, 0.717) is 42.9 Å². The molecule has 1 aromatic carbocycles. The third-order valence-corrected chi connectivity index (χ3v) is 6.47. The fraction of sp³-hybridized carbons (Fsp3) is 0.480. The molecule has 1 aliphatic carbocycles. The monoisotopic (exact) mass is 453 g/mol. The first-order chi connectivity index (χ1) is 16.1. The quantitative estimate of drug-likeness (QED) is 0.693. The van der Waals surface area contributed by atoms with E-state index in [9.17, 15) is 9.59 Å². The van der Waals surface area contributed by atoms with E-state index in [4.69, 9.17) is 14.2 Å². The summed E-state index contributed by atoms with van der Waals surface area (Å²) >= 11 is 0. The van der Waals surface area contributed by atoms with Gasteiger partial charge in [0.05, 0.1) is 20.8 Å². The smallest absolute Gasteiger partial charge is 0.264 e. The molecule has 2 aromatic rings. The Labute approximate surface area is 194 Å². The van der Waals surface area contributed by atoms with E-state index in [0.717, 1.165) is 25.0 Å². The maximum absolute atomic E-state index is 14.0. The summed E-state index contributed by atoms with van der Waals surface area (Å²) in [4.78, 5) is 33.2. The molecule has 1 aliphatic heterocycles. The molecule has 2 heterocycles. The van der Waals surface area contributed by atoms with Crippen molar-refractivity contribution in [1.82, 2.24) is 15.2 Å². The molecular weight excluding hydrogens is 422 g/mol. The molecule has 4 rings (SSSR count). The lowest BCUT2D eigenvalue weighted by Crippen LogP contribution is -2.56. The number of pyridine rings is 1. The van der Waals surface area contributed by atoms with Gasteiger partial charge in [0.1, 0.15) is 28.8 Å². The van der Waals surface area contributed by atoms with Crippen LogP contribution in [0, 0.1) is 0 Å². The van der Waals surface area contributed by atoms with Gasteiger partial charge in [-0.3, -0.25) is 19.5 Å². The molecule has 2 aliphatic rings. The molecule has 0 radical (unpaired) electrons. The van der Waals surface area contributed by atoms with Gasteiger partial charge in [-0.1, -0.05) is 18.6 Å². The van der Waals surface area contributed by atoms with Crippen molar-refractivity contribution in [3.63, 3.8) is 0 Å². The van der Waals surface area contributed by atoms with E-state index in [1.54, 1.807) is 29.3 Å². The highest BCUT2D eigenvalue weighted by atomic mass is 16.5. The number of benzene rings is 1. The predicted molar refractivity (Wildman–Crippen MR) is 122 cm³/mol. The fourth-order valence-corrected chi connectivity index (χ4v) is 4.83. The summed E-state index contributed by atoms with van der Waals surface area (Å²) < 4.78 is 17.2. The largest absolute Gasteiger partial charge is 0.496 e. The van der Waals surface area contributed by atoms with Crippen molar-refractivity contribution in [2.24, 2.45) is 0 Å². The minimum absolute atomic E-state index is 0.165. The minimum Gasteiger partial charge on any atom is -0.496 e. The van der Waals surface area contributed by atoms with Crippen molar-refractivity contribution >= 4 is 11.8 Å². The highest BCUT2D eigenvalue weighted by molar-refractivity contribution is 6.02. The molecule has 1 spiro atoms. The van der Waals surface area contributed by atoms with Crippen LogP contribution in [0.2, 0.25) is 0 Å². The molecule has 8 heteroatoms.